The van der Waals surface area contributed by atoms with E-state index in [1.54, 1.807) is 6.92 Å². The largest absolute Gasteiger partial charge is 0.495 e. The minimum Gasteiger partial charge on any atom is -0.495 e. The van der Waals surface area contributed by atoms with Gasteiger partial charge in [-0.15, -0.1) is 0 Å². The van der Waals surface area contributed by atoms with Crippen molar-refractivity contribution < 1.29 is 4.74 Å². The Kier molecular flexibility index (Phi) is 2.36. The summed E-state index contributed by atoms with van der Waals surface area (Å²) in [5.74, 6) is 0.435. The van der Waals surface area contributed by atoms with Gasteiger partial charge in [0.05, 0.1) is 18.2 Å². The molecule has 0 saturated carbocycles. The normalized spacial score (nSPS) is 22.4. The molecule has 72 valence electrons. The summed E-state index contributed by atoms with van der Waals surface area (Å²) in [7, 11) is 0. The summed E-state index contributed by atoms with van der Waals surface area (Å²) in [5.41, 5.74) is 1.36. The zero-order valence-electron chi connectivity index (χ0n) is 8.80. The van der Waals surface area contributed by atoms with Crippen molar-refractivity contribution in [3.05, 3.63) is 34.0 Å². The highest BCUT2D eigenvalue weighted by Gasteiger charge is 2.36. The first-order chi connectivity index (χ1) is 6.44. The van der Waals surface area contributed by atoms with Gasteiger partial charge in [-0.1, -0.05) is 0 Å². The van der Waals surface area contributed by atoms with Crippen molar-refractivity contribution in [1.29, 1.82) is 5.26 Å². The van der Waals surface area contributed by atoms with E-state index < -0.39 is 5.60 Å². The van der Waals surface area contributed by atoms with Crippen LogP contribution >= 0.6 is 0 Å². The van der Waals surface area contributed by atoms with E-state index in [2.05, 4.69) is 4.85 Å². The number of allylic oxidation sites excluding steroid dienone is 1. The smallest absolute Gasteiger partial charge is 0.232 e. The van der Waals surface area contributed by atoms with E-state index in [0.717, 1.165) is 5.57 Å². The van der Waals surface area contributed by atoms with Gasteiger partial charge in [0.2, 0.25) is 5.70 Å². The van der Waals surface area contributed by atoms with Crippen LogP contribution in [0.5, 0.6) is 0 Å². The number of rotatable bonds is 0. The lowest BCUT2D eigenvalue weighted by Gasteiger charge is -2.21. The highest BCUT2D eigenvalue weighted by Crippen LogP contribution is 2.39. The number of ether oxygens (including phenoxy) is 1. The number of nitrogens with zero attached hydrogens (tertiary/aromatic N) is 2. The van der Waals surface area contributed by atoms with Crippen LogP contribution in [0, 0.1) is 17.9 Å². The predicted octanol–water partition coefficient (Wildman–Crippen LogP) is 2.79. The van der Waals surface area contributed by atoms with Crippen LogP contribution in [-0.2, 0) is 4.74 Å². The summed E-state index contributed by atoms with van der Waals surface area (Å²) in [4.78, 5) is 3.41. The van der Waals surface area contributed by atoms with Gasteiger partial charge in [-0.2, -0.15) is 5.26 Å². The summed E-state index contributed by atoms with van der Waals surface area (Å²) in [6, 6.07) is 2.01. The second-order valence-corrected chi connectivity index (χ2v) is 3.76. The van der Waals surface area contributed by atoms with Crippen LogP contribution in [0.2, 0.25) is 0 Å². The molecule has 0 unspecified atom stereocenters. The maximum absolute atomic E-state index is 8.75. The molecular weight excluding hydrogens is 176 g/mol. The van der Waals surface area contributed by atoms with Gasteiger partial charge in [0.15, 0.2) is 0 Å². The predicted molar refractivity (Wildman–Crippen MR) is 52.8 cm³/mol. The maximum atomic E-state index is 8.75. The fraction of sp³-hybridized carbons (Fsp3) is 0.455. The minimum absolute atomic E-state index is 0.435. The molecule has 3 nitrogen and oxygen atoms in total. The van der Waals surface area contributed by atoms with E-state index >= 15 is 0 Å². The average molecular weight is 188 g/mol. The van der Waals surface area contributed by atoms with Crippen molar-refractivity contribution in [3.8, 4) is 6.07 Å². The van der Waals surface area contributed by atoms with Crippen molar-refractivity contribution in [2.45, 2.75) is 33.3 Å². The van der Waals surface area contributed by atoms with E-state index in [1.807, 2.05) is 26.8 Å². The van der Waals surface area contributed by atoms with Crippen LogP contribution in [-0.4, -0.2) is 5.60 Å². The molecular formula is C11H12N2O. The van der Waals surface area contributed by atoms with E-state index in [0.29, 0.717) is 17.0 Å². The van der Waals surface area contributed by atoms with Crippen LogP contribution in [0.15, 0.2) is 22.6 Å². The van der Waals surface area contributed by atoms with Gasteiger partial charge in [0, 0.05) is 0 Å². The molecule has 1 rings (SSSR count). The molecule has 0 aromatic carbocycles. The third kappa shape index (κ3) is 1.38. The zero-order chi connectivity index (χ0) is 10.9. The molecule has 0 aliphatic carbocycles. The molecule has 1 aliphatic rings. The molecule has 0 aromatic rings. The quantitative estimate of drug-likeness (QED) is 0.433. The first-order valence-electron chi connectivity index (χ1n) is 4.33. The van der Waals surface area contributed by atoms with Crippen LogP contribution in [0.1, 0.15) is 27.7 Å². The lowest BCUT2D eigenvalue weighted by molar-refractivity contribution is 0.0922. The Labute approximate surface area is 84.1 Å². The second-order valence-electron chi connectivity index (χ2n) is 3.76. The lowest BCUT2D eigenvalue weighted by atomic mass is 10.00. The van der Waals surface area contributed by atoms with Gasteiger partial charge in [-0.05, 0) is 33.3 Å². The number of nitriles is 1. The summed E-state index contributed by atoms with van der Waals surface area (Å²) >= 11 is 0. The lowest BCUT2D eigenvalue weighted by Crippen LogP contribution is -2.20. The Hall–Kier alpha value is -1.74. The maximum Gasteiger partial charge on any atom is 0.232 e. The van der Waals surface area contributed by atoms with E-state index in [9.17, 15) is 0 Å². The number of hydrogen-bond acceptors (Lipinski definition) is 2. The van der Waals surface area contributed by atoms with Crippen LogP contribution in [0.3, 0.4) is 0 Å². The zero-order valence-corrected chi connectivity index (χ0v) is 8.80. The summed E-state index contributed by atoms with van der Waals surface area (Å²) in [6.07, 6.45) is 0. The van der Waals surface area contributed by atoms with Gasteiger partial charge in [-0.3, -0.25) is 0 Å². The molecule has 0 atom stereocenters. The fourth-order valence-electron chi connectivity index (χ4n) is 1.28. The van der Waals surface area contributed by atoms with Crippen molar-refractivity contribution in [2.24, 2.45) is 0 Å². The molecule has 0 fully saturated rings. The molecule has 1 aliphatic heterocycles. The SMILES string of the molecule is [C-]#[N+]C1=C(C)C(C)(C)O/C1=C(\C)C#N. The highest BCUT2D eigenvalue weighted by molar-refractivity contribution is 5.48. The van der Waals surface area contributed by atoms with Crippen LogP contribution in [0.4, 0.5) is 0 Å². The fourth-order valence-corrected chi connectivity index (χ4v) is 1.28. The molecule has 0 spiro atoms. The first kappa shape index (κ1) is 10.3. The highest BCUT2D eigenvalue weighted by atomic mass is 16.5. The van der Waals surface area contributed by atoms with Crippen molar-refractivity contribution in [1.82, 2.24) is 0 Å². The Morgan fingerprint density at radius 2 is 2.14 bits per heavy atom. The number of hydrogen-bond donors (Lipinski definition) is 0. The molecule has 3 heteroatoms. The molecule has 14 heavy (non-hydrogen) atoms. The summed E-state index contributed by atoms with van der Waals surface area (Å²) < 4.78 is 5.59. The van der Waals surface area contributed by atoms with Crippen molar-refractivity contribution >= 4 is 0 Å². The Bertz CT molecular complexity index is 414. The third-order valence-corrected chi connectivity index (χ3v) is 2.45. The molecule has 0 saturated heterocycles. The Morgan fingerprint density at radius 1 is 1.57 bits per heavy atom. The van der Waals surface area contributed by atoms with Gasteiger partial charge in [-0.25, -0.2) is 4.85 Å². The molecule has 0 bridgehead atoms. The van der Waals surface area contributed by atoms with Gasteiger partial charge in [0.1, 0.15) is 11.4 Å². The Balaban J connectivity index is 3.38. The summed E-state index contributed by atoms with van der Waals surface area (Å²) in [6.45, 7) is 14.4. The third-order valence-electron chi connectivity index (χ3n) is 2.45. The van der Waals surface area contributed by atoms with Gasteiger partial charge < -0.3 is 4.74 Å². The van der Waals surface area contributed by atoms with Gasteiger partial charge in [0.25, 0.3) is 0 Å². The van der Waals surface area contributed by atoms with E-state index in [1.165, 1.54) is 0 Å². The van der Waals surface area contributed by atoms with Crippen LogP contribution in [0.25, 0.3) is 4.85 Å². The molecule has 0 aromatic heterocycles. The monoisotopic (exact) mass is 188 g/mol. The second kappa shape index (κ2) is 3.20. The Morgan fingerprint density at radius 3 is 2.57 bits per heavy atom. The standard InChI is InChI=1S/C11H12N2O/c1-7(6-12)10-9(13-5)8(2)11(3,4)14-10/h1-4H3/b10-7+. The topological polar surface area (TPSA) is 37.4 Å². The first-order valence-corrected chi connectivity index (χ1v) is 4.33. The van der Waals surface area contributed by atoms with Gasteiger partial charge >= 0.3 is 0 Å². The molecule has 0 amide bonds. The van der Waals surface area contributed by atoms with Crippen molar-refractivity contribution in [2.75, 3.05) is 0 Å². The van der Waals surface area contributed by atoms with Crippen LogP contribution < -0.4 is 0 Å². The molecule has 1 heterocycles. The van der Waals surface area contributed by atoms with Crippen molar-refractivity contribution in [3.63, 3.8) is 0 Å². The van der Waals surface area contributed by atoms with E-state index in [-0.39, 0.29) is 0 Å². The molecule has 0 N–H and O–H groups in total. The summed E-state index contributed by atoms with van der Waals surface area (Å²) in [5, 5.41) is 8.75. The minimum atomic E-state index is -0.465. The van der Waals surface area contributed by atoms with E-state index in [4.69, 9.17) is 16.6 Å². The molecule has 0 radical (unpaired) electrons. The average Bonchev–Trinajstić information content (AvgIpc) is 2.37.